The summed E-state index contributed by atoms with van der Waals surface area (Å²) < 4.78 is 5.11. The quantitative estimate of drug-likeness (QED) is 0.827. The van der Waals surface area contributed by atoms with Crippen molar-refractivity contribution >= 4 is 17.5 Å². The van der Waals surface area contributed by atoms with Crippen molar-refractivity contribution in [2.75, 3.05) is 26.8 Å². The van der Waals surface area contributed by atoms with E-state index >= 15 is 0 Å². The van der Waals surface area contributed by atoms with Crippen molar-refractivity contribution in [3.8, 4) is 0 Å². The van der Waals surface area contributed by atoms with E-state index in [2.05, 4.69) is 4.98 Å². The molecular formula is C12H15ClN2O2. The monoisotopic (exact) mass is 254 g/mol. The van der Waals surface area contributed by atoms with Crippen molar-refractivity contribution in [3.63, 3.8) is 0 Å². The summed E-state index contributed by atoms with van der Waals surface area (Å²) in [6, 6.07) is 1.64. The van der Waals surface area contributed by atoms with Gasteiger partial charge in [-0.25, -0.2) is 0 Å². The lowest BCUT2D eigenvalue weighted by molar-refractivity contribution is 0.0775. The van der Waals surface area contributed by atoms with Gasteiger partial charge in [-0.3, -0.25) is 9.78 Å². The average Bonchev–Trinajstić information content (AvgIpc) is 2.78. The largest absolute Gasteiger partial charge is 0.384 e. The molecule has 0 N–H and O–H groups in total. The molecule has 0 aliphatic carbocycles. The van der Waals surface area contributed by atoms with Crippen LogP contribution in [-0.2, 0) is 4.74 Å². The van der Waals surface area contributed by atoms with E-state index in [0.29, 0.717) is 23.1 Å². The van der Waals surface area contributed by atoms with Gasteiger partial charge in [0.15, 0.2) is 0 Å². The maximum Gasteiger partial charge on any atom is 0.256 e. The van der Waals surface area contributed by atoms with Gasteiger partial charge in [0.05, 0.1) is 17.2 Å². The summed E-state index contributed by atoms with van der Waals surface area (Å²) in [4.78, 5) is 17.9. The number of hydrogen-bond acceptors (Lipinski definition) is 3. The number of methoxy groups -OCH3 is 1. The van der Waals surface area contributed by atoms with Crippen molar-refractivity contribution in [1.82, 2.24) is 9.88 Å². The minimum Gasteiger partial charge on any atom is -0.384 e. The summed E-state index contributed by atoms with van der Waals surface area (Å²) in [5, 5.41) is 0.459. The van der Waals surface area contributed by atoms with Crippen LogP contribution in [0.1, 0.15) is 16.8 Å². The standard InChI is InChI=1S/C12H15ClN2O2/c1-17-8-9-3-5-15(7-9)12(16)10-6-14-4-2-11(10)13/h2,4,6,9H,3,5,7-8H2,1H3. The fourth-order valence-corrected chi connectivity index (χ4v) is 2.28. The Kier molecular flexibility index (Phi) is 3.97. The molecule has 0 aromatic carbocycles. The van der Waals surface area contributed by atoms with Gasteiger partial charge in [0.2, 0.25) is 0 Å². The van der Waals surface area contributed by atoms with E-state index in [1.807, 2.05) is 4.90 Å². The summed E-state index contributed by atoms with van der Waals surface area (Å²) >= 11 is 5.98. The fourth-order valence-electron chi connectivity index (χ4n) is 2.09. The van der Waals surface area contributed by atoms with Gasteiger partial charge in [0, 0.05) is 38.5 Å². The first-order chi connectivity index (χ1) is 8.22. The second kappa shape index (κ2) is 5.47. The number of pyridine rings is 1. The minimum atomic E-state index is -0.0401. The van der Waals surface area contributed by atoms with Crippen LogP contribution in [0.25, 0.3) is 0 Å². The first-order valence-electron chi connectivity index (χ1n) is 5.60. The third kappa shape index (κ3) is 2.76. The van der Waals surface area contributed by atoms with Crippen LogP contribution >= 0.6 is 11.6 Å². The second-order valence-corrected chi connectivity index (χ2v) is 4.62. The minimum absolute atomic E-state index is 0.0401. The summed E-state index contributed by atoms with van der Waals surface area (Å²) in [5.41, 5.74) is 0.479. The predicted octanol–water partition coefficient (Wildman–Crippen LogP) is 1.84. The molecule has 1 aromatic rings. The van der Waals surface area contributed by atoms with Crippen LogP contribution in [0.3, 0.4) is 0 Å². The lowest BCUT2D eigenvalue weighted by atomic mass is 10.1. The van der Waals surface area contributed by atoms with Crippen LogP contribution < -0.4 is 0 Å². The Morgan fingerprint density at radius 3 is 3.24 bits per heavy atom. The topological polar surface area (TPSA) is 42.4 Å². The zero-order valence-electron chi connectivity index (χ0n) is 9.73. The van der Waals surface area contributed by atoms with Crippen LogP contribution in [0.15, 0.2) is 18.5 Å². The Balaban J connectivity index is 2.05. The summed E-state index contributed by atoms with van der Waals surface area (Å²) in [5.74, 6) is 0.390. The van der Waals surface area contributed by atoms with E-state index in [9.17, 15) is 4.79 Å². The van der Waals surface area contributed by atoms with Crippen LogP contribution in [0.4, 0.5) is 0 Å². The van der Waals surface area contributed by atoms with Crippen molar-refractivity contribution in [1.29, 1.82) is 0 Å². The molecule has 4 nitrogen and oxygen atoms in total. The Morgan fingerprint density at radius 1 is 1.71 bits per heavy atom. The fraction of sp³-hybridized carbons (Fsp3) is 0.500. The number of aromatic nitrogens is 1. The van der Waals surface area contributed by atoms with Gasteiger partial charge in [-0.05, 0) is 12.5 Å². The van der Waals surface area contributed by atoms with Crippen LogP contribution in [0.2, 0.25) is 5.02 Å². The zero-order valence-corrected chi connectivity index (χ0v) is 10.5. The molecule has 1 saturated heterocycles. The molecule has 2 rings (SSSR count). The summed E-state index contributed by atoms with van der Waals surface area (Å²) in [6.07, 6.45) is 4.09. The van der Waals surface area contributed by atoms with Gasteiger partial charge < -0.3 is 9.64 Å². The normalized spacial score (nSPS) is 19.6. The van der Waals surface area contributed by atoms with Crippen LogP contribution in [0.5, 0.6) is 0 Å². The number of halogens is 1. The number of likely N-dealkylation sites (tertiary alicyclic amines) is 1. The van der Waals surface area contributed by atoms with Crippen molar-refractivity contribution in [2.45, 2.75) is 6.42 Å². The van der Waals surface area contributed by atoms with Gasteiger partial charge in [0.25, 0.3) is 5.91 Å². The van der Waals surface area contributed by atoms with E-state index in [1.54, 1.807) is 19.4 Å². The van der Waals surface area contributed by atoms with E-state index in [0.717, 1.165) is 19.5 Å². The number of rotatable bonds is 3. The van der Waals surface area contributed by atoms with E-state index in [1.165, 1.54) is 6.20 Å². The van der Waals surface area contributed by atoms with E-state index < -0.39 is 0 Å². The molecule has 1 unspecified atom stereocenters. The Morgan fingerprint density at radius 2 is 2.53 bits per heavy atom. The molecular weight excluding hydrogens is 240 g/mol. The maximum absolute atomic E-state index is 12.2. The highest BCUT2D eigenvalue weighted by Gasteiger charge is 2.27. The molecule has 5 heteroatoms. The van der Waals surface area contributed by atoms with Gasteiger partial charge in [-0.15, -0.1) is 0 Å². The molecule has 1 aliphatic rings. The molecule has 1 fully saturated rings. The molecule has 17 heavy (non-hydrogen) atoms. The molecule has 1 aromatic heterocycles. The Bertz CT molecular complexity index is 411. The average molecular weight is 255 g/mol. The lowest BCUT2D eigenvalue weighted by Gasteiger charge is -2.16. The number of nitrogens with zero attached hydrogens (tertiary/aromatic N) is 2. The van der Waals surface area contributed by atoms with E-state index in [4.69, 9.17) is 16.3 Å². The highest BCUT2D eigenvalue weighted by molar-refractivity contribution is 6.33. The predicted molar refractivity (Wildman–Crippen MR) is 65.1 cm³/mol. The smallest absolute Gasteiger partial charge is 0.256 e. The first kappa shape index (κ1) is 12.3. The van der Waals surface area contributed by atoms with Gasteiger partial charge in [-0.1, -0.05) is 11.6 Å². The van der Waals surface area contributed by atoms with Crippen molar-refractivity contribution in [3.05, 3.63) is 29.0 Å². The molecule has 1 amide bonds. The summed E-state index contributed by atoms with van der Waals surface area (Å²) in [6.45, 7) is 2.19. The maximum atomic E-state index is 12.2. The number of amides is 1. The Hall–Kier alpha value is -1.13. The molecule has 0 bridgehead atoms. The second-order valence-electron chi connectivity index (χ2n) is 4.22. The molecule has 92 valence electrons. The van der Waals surface area contributed by atoms with Gasteiger partial charge in [-0.2, -0.15) is 0 Å². The summed E-state index contributed by atoms with van der Waals surface area (Å²) in [7, 11) is 1.68. The van der Waals surface area contributed by atoms with Crippen molar-refractivity contribution < 1.29 is 9.53 Å². The van der Waals surface area contributed by atoms with Crippen molar-refractivity contribution in [2.24, 2.45) is 5.92 Å². The van der Waals surface area contributed by atoms with Gasteiger partial charge in [0.1, 0.15) is 0 Å². The third-order valence-electron chi connectivity index (χ3n) is 2.97. The number of hydrogen-bond donors (Lipinski definition) is 0. The Labute approximate surface area is 106 Å². The molecule has 2 heterocycles. The van der Waals surface area contributed by atoms with Crippen LogP contribution in [0, 0.1) is 5.92 Å². The number of carbonyl (C=O) groups excluding carboxylic acids is 1. The molecule has 1 aliphatic heterocycles. The molecule has 0 saturated carbocycles. The highest BCUT2D eigenvalue weighted by atomic mass is 35.5. The third-order valence-corrected chi connectivity index (χ3v) is 3.30. The zero-order chi connectivity index (χ0) is 12.3. The number of ether oxygens (including phenoxy) is 1. The van der Waals surface area contributed by atoms with Gasteiger partial charge >= 0.3 is 0 Å². The first-order valence-corrected chi connectivity index (χ1v) is 5.98. The molecule has 1 atom stereocenters. The van der Waals surface area contributed by atoms with Crippen LogP contribution in [-0.4, -0.2) is 42.6 Å². The molecule has 0 radical (unpaired) electrons. The number of carbonyl (C=O) groups is 1. The SMILES string of the molecule is COCC1CCN(C(=O)c2cnccc2Cl)C1. The highest BCUT2D eigenvalue weighted by Crippen LogP contribution is 2.21. The molecule has 0 spiro atoms. The lowest BCUT2D eigenvalue weighted by Crippen LogP contribution is -2.29. The van der Waals surface area contributed by atoms with E-state index in [-0.39, 0.29) is 5.91 Å².